The Balaban J connectivity index is 1.94. The Labute approximate surface area is 125 Å². The maximum absolute atomic E-state index is 12.1. The van der Waals surface area contributed by atoms with Crippen molar-refractivity contribution < 1.29 is 14.6 Å². The van der Waals surface area contributed by atoms with Crippen LogP contribution >= 0.6 is 0 Å². The van der Waals surface area contributed by atoms with Crippen molar-refractivity contribution in [3.63, 3.8) is 0 Å². The van der Waals surface area contributed by atoms with Gasteiger partial charge in [0.2, 0.25) is 0 Å². The van der Waals surface area contributed by atoms with E-state index >= 15 is 0 Å². The summed E-state index contributed by atoms with van der Waals surface area (Å²) in [5.74, 6) is 0.977. The van der Waals surface area contributed by atoms with Gasteiger partial charge in [-0.1, -0.05) is 6.92 Å². The molecule has 21 heavy (non-hydrogen) atoms. The highest BCUT2D eigenvalue weighted by molar-refractivity contribution is 5.95. The van der Waals surface area contributed by atoms with Gasteiger partial charge in [0.1, 0.15) is 5.75 Å². The van der Waals surface area contributed by atoms with E-state index in [0.717, 1.165) is 25.7 Å². The van der Waals surface area contributed by atoms with Crippen LogP contribution in [0.4, 0.5) is 5.69 Å². The fourth-order valence-electron chi connectivity index (χ4n) is 2.70. The van der Waals surface area contributed by atoms with Crippen LogP contribution in [-0.4, -0.2) is 30.3 Å². The summed E-state index contributed by atoms with van der Waals surface area (Å²) < 4.78 is 5.06. The number of anilines is 1. The average Bonchev–Trinajstić information content (AvgIpc) is 2.48. The summed E-state index contributed by atoms with van der Waals surface area (Å²) in [4.78, 5) is 12.1. The number of aliphatic hydroxyl groups is 1. The van der Waals surface area contributed by atoms with Crippen molar-refractivity contribution in [1.29, 1.82) is 0 Å². The Hall–Kier alpha value is -1.75. The summed E-state index contributed by atoms with van der Waals surface area (Å²) in [6, 6.07) is 4.92. The maximum atomic E-state index is 12.1. The lowest BCUT2D eigenvalue weighted by molar-refractivity contribution is -0.00539. The van der Waals surface area contributed by atoms with Crippen LogP contribution in [0, 0.1) is 5.92 Å². The third-order valence-corrected chi connectivity index (χ3v) is 4.27. The number of nitrogens with one attached hydrogen (secondary N) is 1. The second-order valence-electron chi connectivity index (χ2n) is 6.05. The maximum Gasteiger partial charge on any atom is 0.251 e. The number of ether oxygens (including phenoxy) is 1. The number of nitrogen functional groups attached to an aromatic ring is 1. The standard InChI is InChI=1S/C16H24N2O3/c1-11-5-7-16(20,8-6-11)10-18-15(19)12-3-4-14(21-2)13(17)9-12/h3-4,9,11,20H,5-8,10,17H2,1-2H3,(H,18,19). The minimum atomic E-state index is -0.778. The van der Waals surface area contributed by atoms with Gasteiger partial charge in [-0.05, 0) is 49.8 Å². The molecule has 116 valence electrons. The van der Waals surface area contributed by atoms with Gasteiger partial charge in [0.15, 0.2) is 0 Å². The molecule has 1 fully saturated rings. The molecule has 5 heteroatoms. The van der Waals surface area contributed by atoms with Crippen LogP contribution in [0.15, 0.2) is 18.2 Å². The van der Waals surface area contributed by atoms with Crippen LogP contribution in [0.2, 0.25) is 0 Å². The Bertz CT molecular complexity index is 508. The molecule has 2 rings (SSSR count). The highest BCUT2D eigenvalue weighted by Crippen LogP contribution is 2.31. The summed E-state index contributed by atoms with van der Waals surface area (Å²) in [6.45, 7) is 2.47. The highest BCUT2D eigenvalue weighted by Gasteiger charge is 2.32. The van der Waals surface area contributed by atoms with Crippen LogP contribution in [0.1, 0.15) is 43.0 Å². The van der Waals surface area contributed by atoms with Crippen LogP contribution < -0.4 is 15.8 Å². The van der Waals surface area contributed by atoms with Crippen molar-refractivity contribution in [3.8, 4) is 5.75 Å². The lowest BCUT2D eigenvalue weighted by atomic mass is 9.79. The van der Waals surface area contributed by atoms with E-state index in [9.17, 15) is 9.90 Å². The minimum Gasteiger partial charge on any atom is -0.495 e. The van der Waals surface area contributed by atoms with Crippen LogP contribution in [0.5, 0.6) is 5.75 Å². The predicted molar refractivity (Wildman–Crippen MR) is 82.3 cm³/mol. The Morgan fingerprint density at radius 3 is 2.71 bits per heavy atom. The fourth-order valence-corrected chi connectivity index (χ4v) is 2.70. The third-order valence-electron chi connectivity index (χ3n) is 4.27. The molecule has 0 bridgehead atoms. The first-order valence-electron chi connectivity index (χ1n) is 7.37. The lowest BCUT2D eigenvalue weighted by Crippen LogP contribution is -2.45. The molecule has 1 saturated carbocycles. The third kappa shape index (κ3) is 3.88. The van der Waals surface area contributed by atoms with Gasteiger partial charge in [0.25, 0.3) is 5.91 Å². The highest BCUT2D eigenvalue weighted by atomic mass is 16.5. The van der Waals surface area contributed by atoms with Crippen molar-refractivity contribution in [1.82, 2.24) is 5.32 Å². The topological polar surface area (TPSA) is 84.6 Å². The van der Waals surface area contributed by atoms with Crippen molar-refractivity contribution >= 4 is 11.6 Å². The molecule has 0 aliphatic heterocycles. The quantitative estimate of drug-likeness (QED) is 0.741. The van der Waals surface area contributed by atoms with Crippen molar-refractivity contribution in [3.05, 3.63) is 23.8 Å². The number of hydrogen-bond acceptors (Lipinski definition) is 4. The normalized spacial score (nSPS) is 25.4. The molecule has 1 aromatic carbocycles. The molecule has 0 heterocycles. The molecular weight excluding hydrogens is 268 g/mol. The first-order chi connectivity index (χ1) is 9.93. The largest absolute Gasteiger partial charge is 0.495 e. The number of nitrogens with two attached hydrogens (primary N) is 1. The number of methoxy groups -OCH3 is 1. The van der Waals surface area contributed by atoms with Crippen molar-refractivity contribution in [2.75, 3.05) is 19.4 Å². The summed E-state index contributed by atoms with van der Waals surface area (Å²) in [5.41, 5.74) is 5.92. The summed E-state index contributed by atoms with van der Waals surface area (Å²) >= 11 is 0. The first-order valence-corrected chi connectivity index (χ1v) is 7.37. The van der Waals surface area contributed by atoms with Crippen molar-refractivity contribution in [2.24, 2.45) is 5.92 Å². The van der Waals surface area contributed by atoms with E-state index in [1.54, 1.807) is 18.2 Å². The molecule has 1 amide bonds. The zero-order valence-electron chi connectivity index (χ0n) is 12.7. The smallest absolute Gasteiger partial charge is 0.251 e. The van der Waals surface area contributed by atoms with Crippen LogP contribution in [0.25, 0.3) is 0 Å². The van der Waals surface area contributed by atoms with E-state index in [1.807, 2.05) is 0 Å². The molecule has 0 radical (unpaired) electrons. The van der Waals surface area contributed by atoms with E-state index in [2.05, 4.69) is 12.2 Å². The van der Waals surface area contributed by atoms with E-state index in [4.69, 9.17) is 10.5 Å². The number of hydrogen-bond donors (Lipinski definition) is 3. The van der Waals surface area contributed by atoms with Gasteiger partial charge >= 0.3 is 0 Å². The minimum absolute atomic E-state index is 0.226. The van der Waals surface area contributed by atoms with Gasteiger partial charge in [0.05, 0.1) is 18.4 Å². The molecule has 0 unspecified atom stereocenters. The van der Waals surface area contributed by atoms with E-state index in [-0.39, 0.29) is 12.5 Å². The van der Waals surface area contributed by atoms with Gasteiger partial charge in [0, 0.05) is 12.1 Å². The second-order valence-corrected chi connectivity index (χ2v) is 6.05. The fraction of sp³-hybridized carbons (Fsp3) is 0.562. The molecule has 1 aromatic rings. The number of benzene rings is 1. The molecular formula is C16H24N2O3. The molecule has 0 atom stereocenters. The molecule has 0 spiro atoms. The van der Waals surface area contributed by atoms with Gasteiger partial charge in [-0.15, -0.1) is 0 Å². The lowest BCUT2D eigenvalue weighted by Gasteiger charge is -2.34. The first kappa shape index (κ1) is 15.6. The number of carbonyl (C=O) groups excluding carboxylic acids is 1. The Morgan fingerprint density at radius 2 is 2.14 bits per heavy atom. The number of carbonyl (C=O) groups is 1. The summed E-state index contributed by atoms with van der Waals surface area (Å²) in [5, 5.41) is 13.3. The Morgan fingerprint density at radius 1 is 1.48 bits per heavy atom. The van der Waals surface area contributed by atoms with Gasteiger partial charge in [-0.25, -0.2) is 0 Å². The van der Waals surface area contributed by atoms with Gasteiger partial charge in [-0.3, -0.25) is 4.79 Å². The van der Waals surface area contributed by atoms with E-state index in [1.165, 1.54) is 7.11 Å². The summed E-state index contributed by atoms with van der Waals surface area (Å²) in [6.07, 6.45) is 3.47. The molecule has 4 N–H and O–H groups in total. The van der Waals surface area contributed by atoms with Gasteiger partial charge in [-0.2, -0.15) is 0 Å². The van der Waals surface area contributed by atoms with Crippen LogP contribution in [0.3, 0.4) is 0 Å². The number of rotatable bonds is 4. The summed E-state index contributed by atoms with van der Waals surface area (Å²) in [7, 11) is 1.53. The zero-order valence-corrected chi connectivity index (χ0v) is 12.7. The molecule has 1 aliphatic rings. The molecule has 0 saturated heterocycles. The van der Waals surface area contributed by atoms with Crippen LogP contribution in [-0.2, 0) is 0 Å². The molecule has 0 aromatic heterocycles. The SMILES string of the molecule is COc1ccc(C(=O)NCC2(O)CCC(C)CC2)cc1N. The molecule has 1 aliphatic carbocycles. The second kappa shape index (κ2) is 6.35. The molecule has 5 nitrogen and oxygen atoms in total. The number of amides is 1. The van der Waals surface area contributed by atoms with E-state index in [0.29, 0.717) is 22.9 Å². The van der Waals surface area contributed by atoms with Crippen molar-refractivity contribution in [2.45, 2.75) is 38.2 Å². The predicted octanol–water partition coefficient (Wildman–Crippen LogP) is 1.95. The average molecular weight is 292 g/mol. The zero-order chi connectivity index (χ0) is 15.5. The Kier molecular flexibility index (Phi) is 4.73. The van der Waals surface area contributed by atoms with E-state index < -0.39 is 5.60 Å². The van der Waals surface area contributed by atoms with Gasteiger partial charge < -0.3 is 20.9 Å². The monoisotopic (exact) mass is 292 g/mol.